The fourth-order valence-corrected chi connectivity index (χ4v) is 0.355. The van der Waals surface area contributed by atoms with Crippen molar-refractivity contribution in [1.29, 1.82) is 0 Å². The quantitative estimate of drug-likeness (QED) is 0.319. The van der Waals surface area contributed by atoms with Crippen molar-refractivity contribution < 1.29 is 4.79 Å². The van der Waals surface area contributed by atoms with E-state index in [0.29, 0.717) is 0 Å². The van der Waals surface area contributed by atoms with Crippen molar-refractivity contribution in [3.8, 4) is 0 Å². The van der Waals surface area contributed by atoms with Crippen molar-refractivity contribution in [2.24, 2.45) is 5.41 Å². The summed E-state index contributed by atoms with van der Waals surface area (Å²) in [7, 11) is 0. The van der Waals surface area contributed by atoms with E-state index in [0.717, 1.165) is 6.29 Å². The van der Waals surface area contributed by atoms with Crippen molar-refractivity contribution in [2.75, 3.05) is 0 Å². The lowest BCUT2D eigenvalue weighted by Gasteiger charge is -2.11. The maximum absolute atomic E-state index is 9.85. The van der Waals surface area contributed by atoms with Gasteiger partial charge in [-0.05, 0) is 6.08 Å². The number of allylic oxidation sites excluding steroid dienone is 3. The van der Waals surface area contributed by atoms with Crippen molar-refractivity contribution in [3.63, 3.8) is 0 Å². The number of hydrogen-bond donors (Lipinski definition) is 0. The Balaban J connectivity index is 3.99. The maximum atomic E-state index is 9.85. The third-order valence-electron chi connectivity index (χ3n) is 1.13. The summed E-state index contributed by atoms with van der Waals surface area (Å²) >= 11 is 0. The Morgan fingerprint density at radius 3 is 2.33 bits per heavy atom. The second-order valence-electron chi connectivity index (χ2n) is 2.52. The summed E-state index contributed by atoms with van der Waals surface area (Å²) in [6.45, 7) is 7.59. The summed E-state index contributed by atoms with van der Waals surface area (Å²) in [5, 5.41) is 0. The molecule has 0 heterocycles. The van der Waals surface area contributed by atoms with Crippen molar-refractivity contribution in [2.45, 2.75) is 13.8 Å². The van der Waals surface area contributed by atoms with Gasteiger partial charge >= 0.3 is 0 Å². The molecule has 0 spiro atoms. The van der Waals surface area contributed by atoms with Gasteiger partial charge < -0.3 is 0 Å². The summed E-state index contributed by atoms with van der Waals surface area (Å²) in [6, 6.07) is 0. The Morgan fingerprint density at radius 1 is 1.44 bits per heavy atom. The van der Waals surface area contributed by atoms with Gasteiger partial charge in [0.05, 0.1) is 0 Å². The highest BCUT2D eigenvalue weighted by molar-refractivity contribution is 5.64. The molecule has 1 heteroatoms. The van der Waals surface area contributed by atoms with Crippen LogP contribution in [0.25, 0.3) is 0 Å². The minimum Gasteiger partial charge on any atom is -0.299 e. The zero-order chi connectivity index (χ0) is 7.33. The molecule has 0 radical (unpaired) electrons. The minimum atomic E-state index is -0.0547. The van der Waals surface area contributed by atoms with Crippen LogP contribution in [0, 0.1) is 5.41 Å². The van der Waals surface area contributed by atoms with E-state index < -0.39 is 0 Å². The molecule has 0 saturated carbocycles. The van der Waals surface area contributed by atoms with E-state index >= 15 is 0 Å². The Bertz CT molecular complexity index is 132. The van der Waals surface area contributed by atoms with Crippen molar-refractivity contribution in [3.05, 3.63) is 24.8 Å². The Kier molecular flexibility index (Phi) is 2.93. The van der Waals surface area contributed by atoms with Crippen LogP contribution in [0.2, 0.25) is 0 Å². The number of rotatable bonds is 3. The average Bonchev–Trinajstić information content (AvgIpc) is 1.84. The highest BCUT2D eigenvalue weighted by atomic mass is 16.1. The molecule has 9 heavy (non-hydrogen) atoms. The molecule has 0 aromatic carbocycles. The zero-order valence-electron chi connectivity index (χ0n) is 5.92. The second kappa shape index (κ2) is 3.23. The first-order valence-electron chi connectivity index (χ1n) is 2.89. The van der Waals surface area contributed by atoms with Gasteiger partial charge in [-0.25, -0.2) is 0 Å². The van der Waals surface area contributed by atoms with Crippen LogP contribution in [-0.4, -0.2) is 6.29 Å². The molecular weight excluding hydrogens is 112 g/mol. The maximum Gasteiger partial charge on any atom is 0.142 e. The molecule has 0 aliphatic rings. The molecule has 0 bridgehead atoms. The average molecular weight is 124 g/mol. The van der Waals surface area contributed by atoms with Crippen LogP contribution in [-0.2, 0) is 4.79 Å². The molecule has 0 N–H and O–H groups in total. The molecule has 0 rings (SSSR count). The highest BCUT2D eigenvalue weighted by Gasteiger charge is 2.05. The van der Waals surface area contributed by atoms with E-state index in [1.165, 1.54) is 6.08 Å². The molecule has 0 fully saturated rings. The van der Waals surface area contributed by atoms with Crippen LogP contribution in [0.4, 0.5) is 0 Å². The van der Waals surface area contributed by atoms with Crippen molar-refractivity contribution >= 4 is 6.29 Å². The van der Waals surface area contributed by atoms with Crippen LogP contribution in [0.1, 0.15) is 13.8 Å². The number of carbonyl (C=O) groups is 1. The van der Waals surface area contributed by atoms with Gasteiger partial charge in [-0.3, -0.25) is 4.79 Å². The van der Waals surface area contributed by atoms with E-state index in [2.05, 4.69) is 6.58 Å². The Hall–Kier alpha value is -0.850. The van der Waals surface area contributed by atoms with Crippen molar-refractivity contribution in [1.82, 2.24) is 0 Å². The van der Waals surface area contributed by atoms with Gasteiger partial charge in [0.25, 0.3) is 0 Å². The summed E-state index contributed by atoms with van der Waals surface area (Å²) in [5.74, 6) is 0. The molecule has 0 aliphatic heterocycles. The number of hydrogen-bond acceptors (Lipinski definition) is 1. The first-order valence-corrected chi connectivity index (χ1v) is 2.89. The monoisotopic (exact) mass is 124 g/mol. The predicted octanol–water partition coefficient (Wildman–Crippen LogP) is 1.95. The smallest absolute Gasteiger partial charge is 0.142 e. The molecule has 0 atom stereocenters. The molecule has 0 aliphatic carbocycles. The fourth-order valence-electron chi connectivity index (χ4n) is 0.355. The van der Waals surface area contributed by atoms with Crippen LogP contribution in [0.15, 0.2) is 24.8 Å². The molecule has 0 aromatic rings. The van der Waals surface area contributed by atoms with Crippen LogP contribution in [0.3, 0.4) is 0 Å². The largest absolute Gasteiger partial charge is 0.299 e. The fraction of sp³-hybridized carbons (Fsp3) is 0.375. The molecule has 0 saturated heterocycles. The summed E-state index contributed by atoms with van der Waals surface area (Å²) < 4.78 is 0. The van der Waals surface area contributed by atoms with E-state index in [1.54, 1.807) is 6.08 Å². The van der Waals surface area contributed by atoms with E-state index in [1.807, 2.05) is 19.9 Å². The predicted molar refractivity (Wildman–Crippen MR) is 39.2 cm³/mol. The lowest BCUT2D eigenvalue weighted by Crippen LogP contribution is -2.00. The van der Waals surface area contributed by atoms with Crippen LogP contribution >= 0.6 is 0 Å². The first-order chi connectivity index (χ1) is 4.12. The topological polar surface area (TPSA) is 17.1 Å². The molecule has 0 amide bonds. The zero-order valence-corrected chi connectivity index (χ0v) is 5.92. The van der Waals surface area contributed by atoms with Gasteiger partial charge in [0.2, 0.25) is 0 Å². The lowest BCUT2D eigenvalue weighted by molar-refractivity contribution is -0.104. The number of carbonyl (C=O) groups excluding carboxylic acids is 1. The normalized spacial score (nSPS) is 11.8. The third-order valence-corrected chi connectivity index (χ3v) is 1.13. The van der Waals surface area contributed by atoms with Crippen LogP contribution in [0.5, 0.6) is 0 Å². The van der Waals surface area contributed by atoms with E-state index in [4.69, 9.17) is 0 Å². The van der Waals surface area contributed by atoms with Gasteiger partial charge in [0.1, 0.15) is 6.29 Å². The Labute approximate surface area is 56.1 Å². The lowest BCUT2D eigenvalue weighted by atomic mass is 9.94. The van der Waals surface area contributed by atoms with Crippen LogP contribution < -0.4 is 0 Å². The number of aldehydes is 1. The SMILES string of the molecule is C=CC(C)(C)/C=C/C=O. The molecule has 1 nitrogen and oxygen atoms in total. The third kappa shape index (κ3) is 3.71. The summed E-state index contributed by atoms with van der Waals surface area (Å²) in [4.78, 5) is 9.85. The molecular formula is C8H12O. The Morgan fingerprint density at radius 2 is 2.00 bits per heavy atom. The van der Waals surface area contributed by atoms with Gasteiger partial charge in [0.15, 0.2) is 0 Å². The standard InChI is InChI=1S/C8H12O/c1-4-8(2,3)6-5-7-9/h4-7H,1H2,2-3H3/b6-5+. The van der Waals surface area contributed by atoms with Gasteiger partial charge in [-0.1, -0.05) is 26.0 Å². The first kappa shape index (κ1) is 8.15. The summed E-state index contributed by atoms with van der Waals surface area (Å²) in [6.07, 6.45) is 5.87. The molecule has 0 unspecified atom stereocenters. The van der Waals surface area contributed by atoms with Gasteiger partial charge in [0, 0.05) is 5.41 Å². The molecule has 50 valence electrons. The minimum absolute atomic E-state index is 0.0547. The van der Waals surface area contributed by atoms with E-state index in [9.17, 15) is 4.79 Å². The summed E-state index contributed by atoms with van der Waals surface area (Å²) in [5.41, 5.74) is -0.0547. The molecule has 0 aromatic heterocycles. The second-order valence-corrected chi connectivity index (χ2v) is 2.52. The van der Waals surface area contributed by atoms with Gasteiger partial charge in [-0.2, -0.15) is 0 Å². The van der Waals surface area contributed by atoms with E-state index in [-0.39, 0.29) is 5.41 Å². The van der Waals surface area contributed by atoms with Gasteiger partial charge in [-0.15, -0.1) is 6.58 Å². The highest BCUT2D eigenvalue weighted by Crippen LogP contribution is 2.16.